The van der Waals surface area contributed by atoms with E-state index < -0.39 is 0 Å². The first-order valence-electron chi connectivity index (χ1n) is 6.89. The van der Waals surface area contributed by atoms with Gasteiger partial charge < -0.3 is 10.2 Å². The highest BCUT2D eigenvalue weighted by Crippen LogP contribution is 2.29. The summed E-state index contributed by atoms with van der Waals surface area (Å²) in [6.45, 7) is 5.66. The summed E-state index contributed by atoms with van der Waals surface area (Å²) in [6.07, 6.45) is 2.99. The summed E-state index contributed by atoms with van der Waals surface area (Å²) in [5, 5.41) is 3.38. The molecule has 1 aromatic carbocycles. The Kier molecular flexibility index (Phi) is 5.57. The molecule has 0 unspecified atom stereocenters. The molecule has 2 aromatic rings. The van der Waals surface area contributed by atoms with Crippen molar-refractivity contribution in [2.75, 3.05) is 23.3 Å². The minimum atomic E-state index is -0.338. The summed E-state index contributed by atoms with van der Waals surface area (Å²) in [6, 6.07) is 5.04. The van der Waals surface area contributed by atoms with E-state index in [9.17, 15) is 4.79 Å². The van der Waals surface area contributed by atoms with Crippen molar-refractivity contribution in [2.24, 2.45) is 0 Å². The van der Waals surface area contributed by atoms with Crippen molar-refractivity contribution < 1.29 is 4.79 Å². The van der Waals surface area contributed by atoms with Crippen molar-refractivity contribution in [3.8, 4) is 0 Å². The maximum Gasteiger partial charge on any atom is 0.258 e. The second kappa shape index (κ2) is 7.42. The molecule has 1 aromatic heterocycles. The standard InChI is InChI=1S/C15H16Cl2N4O/c1-3-21(4-2)15-18-8-10(9-19-15)14(22)20-12-7-5-6-11(16)13(12)17/h5-9H,3-4H2,1-2H3,(H,20,22). The van der Waals surface area contributed by atoms with Gasteiger partial charge in [0, 0.05) is 25.5 Å². The van der Waals surface area contributed by atoms with E-state index in [1.807, 2.05) is 18.7 Å². The van der Waals surface area contributed by atoms with Crippen LogP contribution in [0.1, 0.15) is 24.2 Å². The van der Waals surface area contributed by atoms with Gasteiger partial charge in [0.25, 0.3) is 5.91 Å². The molecule has 0 atom stereocenters. The summed E-state index contributed by atoms with van der Waals surface area (Å²) >= 11 is 12.0. The number of rotatable bonds is 5. The van der Waals surface area contributed by atoms with E-state index in [4.69, 9.17) is 23.2 Å². The van der Waals surface area contributed by atoms with Gasteiger partial charge in [0.1, 0.15) is 0 Å². The van der Waals surface area contributed by atoms with Crippen LogP contribution in [0.2, 0.25) is 10.0 Å². The van der Waals surface area contributed by atoms with Gasteiger partial charge in [-0.15, -0.1) is 0 Å². The molecule has 116 valence electrons. The monoisotopic (exact) mass is 338 g/mol. The first kappa shape index (κ1) is 16.5. The highest BCUT2D eigenvalue weighted by atomic mass is 35.5. The lowest BCUT2D eigenvalue weighted by atomic mass is 10.2. The Morgan fingerprint density at radius 3 is 2.41 bits per heavy atom. The topological polar surface area (TPSA) is 58.1 Å². The first-order valence-corrected chi connectivity index (χ1v) is 7.64. The van der Waals surface area contributed by atoms with Crippen molar-refractivity contribution in [2.45, 2.75) is 13.8 Å². The van der Waals surface area contributed by atoms with Crippen molar-refractivity contribution >= 4 is 40.7 Å². The molecule has 1 N–H and O–H groups in total. The molecule has 2 rings (SSSR count). The molecule has 0 aliphatic carbocycles. The largest absolute Gasteiger partial charge is 0.341 e. The number of halogens is 2. The van der Waals surface area contributed by atoms with E-state index in [1.165, 1.54) is 12.4 Å². The Morgan fingerprint density at radius 2 is 1.82 bits per heavy atom. The number of amides is 1. The van der Waals surface area contributed by atoms with Gasteiger partial charge in [-0.05, 0) is 26.0 Å². The molecule has 0 fully saturated rings. The molecule has 1 heterocycles. The van der Waals surface area contributed by atoms with Crippen LogP contribution in [0.15, 0.2) is 30.6 Å². The molecule has 0 aliphatic heterocycles. The fourth-order valence-electron chi connectivity index (χ4n) is 1.90. The Labute approximate surface area is 139 Å². The molecule has 7 heteroatoms. The van der Waals surface area contributed by atoms with Crippen molar-refractivity contribution in [1.29, 1.82) is 0 Å². The number of carbonyl (C=O) groups is 1. The molecular weight excluding hydrogens is 323 g/mol. The maximum atomic E-state index is 12.2. The molecule has 0 bridgehead atoms. The van der Waals surface area contributed by atoms with Crippen LogP contribution in [0.5, 0.6) is 0 Å². The summed E-state index contributed by atoms with van der Waals surface area (Å²) in [5.41, 5.74) is 0.805. The molecule has 22 heavy (non-hydrogen) atoms. The molecule has 0 aliphatic rings. The van der Waals surface area contributed by atoms with Gasteiger partial charge in [-0.3, -0.25) is 4.79 Å². The Balaban J connectivity index is 2.15. The summed E-state index contributed by atoms with van der Waals surface area (Å²) in [5.74, 6) is 0.262. The highest BCUT2D eigenvalue weighted by molar-refractivity contribution is 6.44. The van der Waals surface area contributed by atoms with Gasteiger partial charge in [-0.1, -0.05) is 29.3 Å². The predicted octanol–water partition coefficient (Wildman–Crippen LogP) is 3.88. The van der Waals surface area contributed by atoms with E-state index in [0.29, 0.717) is 27.2 Å². The van der Waals surface area contributed by atoms with Gasteiger partial charge >= 0.3 is 0 Å². The number of nitrogens with one attached hydrogen (secondary N) is 1. The maximum absolute atomic E-state index is 12.2. The van der Waals surface area contributed by atoms with Crippen LogP contribution in [-0.4, -0.2) is 29.0 Å². The lowest BCUT2D eigenvalue weighted by molar-refractivity contribution is 0.102. The van der Waals surface area contributed by atoms with Gasteiger partial charge in [0.15, 0.2) is 0 Å². The third-order valence-corrected chi connectivity index (χ3v) is 3.97. The number of hydrogen-bond acceptors (Lipinski definition) is 4. The van der Waals surface area contributed by atoms with Gasteiger partial charge in [0.05, 0.1) is 21.3 Å². The molecule has 0 saturated heterocycles. The van der Waals surface area contributed by atoms with Crippen LogP contribution in [0.4, 0.5) is 11.6 Å². The lowest BCUT2D eigenvalue weighted by Gasteiger charge is -2.18. The quantitative estimate of drug-likeness (QED) is 0.898. The number of aromatic nitrogens is 2. The second-order valence-electron chi connectivity index (χ2n) is 4.50. The van der Waals surface area contributed by atoms with Crippen LogP contribution < -0.4 is 10.2 Å². The summed E-state index contributed by atoms with van der Waals surface area (Å²) in [4.78, 5) is 22.6. The molecule has 0 spiro atoms. The third kappa shape index (κ3) is 3.67. The van der Waals surface area contributed by atoms with Crippen LogP contribution in [0, 0.1) is 0 Å². The summed E-state index contributed by atoms with van der Waals surface area (Å²) < 4.78 is 0. The number of carbonyl (C=O) groups excluding carboxylic acids is 1. The van der Waals surface area contributed by atoms with Gasteiger partial charge in [-0.2, -0.15) is 0 Å². The zero-order valence-corrected chi connectivity index (χ0v) is 13.8. The van der Waals surface area contributed by atoms with Crippen LogP contribution >= 0.6 is 23.2 Å². The Hall–Kier alpha value is -1.85. The van der Waals surface area contributed by atoms with Crippen molar-refractivity contribution in [3.63, 3.8) is 0 Å². The zero-order valence-electron chi connectivity index (χ0n) is 12.3. The smallest absolute Gasteiger partial charge is 0.258 e. The number of nitrogens with zero attached hydrogens (tertiary/aromatic N) is 3. The molecule has 5 nitrogen and oxygen atoms in total. The molecule has 1 amide bonds. The number of anilines is 2. The average molecular weight is 339 g/mol. The summed E-state index contributed by atoms with van der Waals surface area (Å²) in [7, 11) is 0. The fourth-order valence-corrected chi connectivity index (χ4v) is 2.25. The van der Waals surface area contributed by atoms with Crippen molar-refractivity contribution in [1.82, 2.24) is 9.97 Å². The van der Waals surface area contributed by atoms with E-state index in [0.717, 1.165) is 13.1 Å². The molecular formula is C15H16Cl2N4O. The number of benzene rings is 1. The van der Waals surface area contributed by atoms with Gasteiger partial charge in [0.2, 0.25) is 5.95 Å². The molecule has 0 saturated carbocycles. The lowest BCUT2D eigenvalue weighted by Crippen LogP contribution is -2.24. The van der Waals surface area contributed by atoms with Gasteiger partial charge in [-0.25, -0.2) is 9.97 Å². The zero-order chi connectivity index (χ0) is 16.1. The van der Waals surface area contributed by atoms with E-state index in [-0.39, 0.29) is 5.91 Å². The van der Waals surface area contributed by atoms with E-state index in [2.05, 4.69) is 15.3 Å². The fraction of sp³-hybridized carbons (Fsp3) is 0.267. The van der Waals surface area contributed by atoms with E-state index in [1.54, 1.807) is 18.2 Å². The minimum absolute atomic E-state index is 0.304. The highest BCUT2D eigenvalue weighted by Gasteiger charge is 2.12. The third-order valence-electron chi connectivity index (χ3n) is 3.15. The predicted molar refractivity (Wildman–Crippen MR) is 90.0 cm³/mol. The Morgan fingerprint density at radius 1 is 1.18 bits per heavy atom. The first-order chi connectivity index (χ1) is 10.6. The minimum Gasteiger partial charge on any atom is -0.341 e. The average Bonchev–Trinajstić information content (AvgIpc) is 2.53. The van der Waals surface area contributed by atoms with Crippen molar-refractivity contribution in [3.05, 3.63) is 46.2 Å². The Bertz CT molecular complexity index is 657. The second-order valence-corrected chi connectivity index (χ2v) is 5.28. The normalized spacial score (nSPS) is 10.4. The van der Waals surface area contributed by atoms with E-state index >= 15 is 0 Å². The van der Waals surface area contributed by atoms with Crippen LogP contribution in [0.3, 0.4) is 0 Å². The van der Waals surface area contributed by atoms with Crippen LogP contribution in [0.25, 0.3) is 0 Å². The number of hydrogen-bond donors (Lipinski definition) is 1. The molecule has 0 radical (unpaired) electrons. The van der Waals surface area contributed by atoms with Crippen LogP contribution in [-0.2, 0) is 0 Å². The SMILES string of the molecule is CCN(CC)c1ncc(C(=O)Nc2cccc(Cl)c2Cl)cn1.